The van der Waals surface area contributed by atoms with Crippen LogP contribution in [0.4, 0.5) is 0 Å². The van der Waals surface area contributed by atoms with Gasteiger partial charge in [0.1, 0.15) is 22.9 Å². The SMILES string of the molecule is Cc1c(C(=O)NC2(C(=O)N3CCC4C3C(=O)CN4S(=O)(=O)Cc3ccccn3)CCCCC2)oc2ccccc12. The fourth-order valence-corrected chi connectivity index (χ4v) is 8.27. The molecule has 2 unspecified atom stereocenters. The fourth-order valence-electron chi connectivity index (χ4n) is 6.60. The molecule has 0 spiro atoms. The van der Waals surface area contributed by atoms with Crippen LogP contribution >= 0.6 is 0 Å². The van der Waals surface area contributed by atoms with Gasteiger partial charge in [0.25, 0.3) is 5.91 Å². The summed E-state index contributed by atoms with van der Waals surface area (Å²) in [5.74, 6) is -1.22. The van der Waals surface area contributed by atoms with Crippen LogP contribution in [0, 0.1) is 6.92 Å². The third kappa shape index (κ3) is 4.50. The number of aromatic nitrogens is 1. The van der Waals surface area contributed by atoms with Gasteiger partial charge in [-0.2, -0.15) is 4.31 Å². The quantitative estimate of drug-likeness (QED) is 0.487. The monoisotopic (exact) mass is 564 g/mol. The van der Waals surface area contributed by atoms with Gasteiger partial charge in [-0.1, -0.05) is 43.5 Å². The lowest BCUT2D eigenvalue weighted by atomic mass is 9.80. The summed E-state index contributed by atoms with van der Waals surface area (Å²) in [4.78, 5) is 46.6. The maximum absolute atomic E-state index is 14.2. The largest absolute Gasteiger partial charge is 0.451 e. The number of furan rings is 1. The first kappa shape index (κ1) is 26.6. The van der Waals surface area contributed by atoms with Crippen LogP contribution in [-0.4, -0.2) is 70.9 Å². The lowest BCUT2D eigenvalue weighted by Crippen LogP contribution is -2.62. The number of amides is 2. The zero-order valence-electron chi connectivity index (χ0n) is 22.3. The van der Waals surface area contributed by atoms with Crippen LogP contribution in [0.2, 0.25) is 0 Å². The van der Waals surface area contributed by atoms with Crippen LogP contribution in [0.15, 0.2) is 53.1 Å². The lowest BCUT2D eigenvalue weighted by Gasteiger charge is -2.40. The lowest BCUT2D eigenvalue weighted by molar-refractivity contribution is -0.143. The van der Waals surface area contributed by atoms with Crippen molar-refractivity contribution in [1.29, 1.82) is 0 Å². The number of benzene rings is 1. The molecule has 6 rings (SSSR count). The molecule has 1 aromatic carbocycles. The fraction of sp³-hybridized carbons (Fsp3) is 0.448. The third-order valence-corrected chi connectivity index (χ3v) is 10.3. The van der Waals surface area contributed by atoms with Crippen molar-refractivity contribution in [3.63, 3.8) is 0 Å². The number of hydrogen-bond acceptors (Lipinski definition) is 7. The predicted molar refractivity (Wildman–Crippen MR) is 147 cm³/mol. The molecule has 1 aliphatic carbocycles. The van der Waals surface area contributed by atoms with Gasteiger partial charge < -0.3 is 14.6 Å². The van der Waals surface area contributed by atoms with E-state index in [-0.39, 0.29) is 36.3 Å². The number of aryl methyl sites for hydroxylation is 1. The van der Waals surface area contributed by atoms with E-state index in [0.29, 0.717) is 36.1 Å². The first-order valence-corrected chi connectivity index (χ1v) is 15.3. The number of rotatable bonds is 6. The van der Waals surface area contributed by atoms with Gasteiger partial charge in [-0.15, -0.1) is 0 Å². The molecule has 0 bridgehead atoms. The Bertz CT molecular complexity index is 1580. The second-order valence-corrected chi connectivity index (χ2v) is 13.0. The molecule has 2 amide bonds. The minimum atomic E-state index is -3.83. The number of para-hydroxylation sites is 1. The number of likely N-dealkylation sites (tertiary alicyclic amines) is 1. The molecule has 3 fully saturated rings. The number of hydrogen-bond donors (Lipinski definition) is 1. The Morgan fingerprint density at radius 1 is 1.10 bits per heavy atom. The molecule has 2 saturated heterocycles. The van der Waals surface area contributed by atoms with E-state index in [1.165, 1.54) is 15.4 Å². The summed E-state index contributed by atoms with van der Waals surface area (Å²) in [6.07, 6.45) is 5.23. The maximum atomic E-state index is 14.2. The number of carbonyl (C=O) groups is 3. The molecule has 2 aliphatic heterocycles. The molecule has 3 aliphatic rings. The highest BCUT2D eigenvalue weighted by Gasteiger charge is 2.56. The van der Waals surface area contributed by atoms with E-state index >= 15 is 0 Å². The Balaban J connectivity index is 1.25. The van der Waals surface area contributed by atoms with E-state index in [1.807, 2.05) is 25.1 Å². The number of pyridine rings is 1. The normalized spacial score (nSPS) is 22.9. The van der Waals surface area contributed by atoms with Crippen molar-refractivity contribution in [1.82, 2.24) is 19.5 Å². The van der Waals surface area contributed by atoms with Gasteiger partial charge in [-0.05, 0) is 44.4 Å². The molecule has 4 heterocycles. The van der Waals surface area contributed by atoms with Crippen LogP contribution in [-0.2, 0) is 25.4 Å². The highest BCUT2D eigenvalue weighted by atomic mass is 32.2. The van der Waals surface area contributed by atoms with E-state index in [4.69, 9.17) is 4.42 Å². The highest BCUT2D eigenvalue weighted by Crippen LogP contribution is 2.38. The zero-order valence-corrected chi connectivity index (χ0v) is 23.2. The molecule has 210 valence electrons. The molecule has 10 nitrogen and oxygen atoms in total. The Morgan fingerprint density at radius 2 is 1.85 bits per heavy atom. The van der Waals surface area contributed by atoms with E-state index in [0.717, 1.165) is 24.6 Å². The van der Waals surface area contributed by atoms with E-state index < -0.39 is 33.6 Å². The minimum Gasteiger partial charge on any atom is -0.451 e. The van der Waals surface area contributed by atoms with Crippen LogP contribution in [0.5, 0.6) is 0 Å². The van der Waals surface area contributed by atoms with Crippen molar-refractivity contribution < 1.29 is 27.2 Å². The van der Waals surface area contributed by atoms with Gasteiger partial charge >= 0.3 is 0 Å². The summed E-state index contributed by atoms with van der Waals surface area (Å²) >= 11 is 0. The van der Waals surface area contributed by atoms with Crippen LogP contribution in [0.3, 0.4) is 0 Å². The second kappa shape index (κ2) is 10.1. The van der Waals surface area contributed by atoms with Crippen molar-refractivity contribution in [2.24, 2.45) is 0 Å². The Kier molecular flexibility index (Phi) is 6.74. The smallest absolute Gasteiger partial charge is 0.288 e. The van der Waals surface area contributed by atoms with Crippen molar-refractivity contribution in [2.45, 2.75) is 68.8 Å². The first-order valence-electron chi connectivity index (χ1n) is 13.7. The van der Waals surface area contributed by atoms with Crippen molar-refractivity contribution in [3.05, 3.63) is 65.7 Å². The van der Waals surface area contributed by atoms with Crippen molar-refractivity contribution >= 4 is 38.6 Å². The van der Waals surface area contributed by atoms with E-state index in [1.54, 1.807) is 24.3 Å². The second-order valence-electron chi connectivity index (χ2n) is 11.0. The summed E-state index contributed by atoms with van der Waals surface area (Å²) < 4.78 is 33.7. The van der Waals surface area contributed by atoms with Gasteiger partial charge in [-0.25, -0.2) is 8.42 Å². The van der Waals surface area contributed by atoms with Crippen LogP contribution < -0.4 is 5.32 Å². The van der Waals surface area contributed by atoms with Gasteiger partial charge in [0.2, 0.25) is 15.9 Å². The summed E-state index contributed by atoms with van der Waals surface area (Å²) in [6, 6.07) is 11.0. The number of Topliss-reactive ketones (excluding diaryl/α,β-unsaturated/α-hetero) is 1. The van der Waals surface area contributed by atoms with Crippen molar-refractivity contribution in [3.8, 4) is 0 Å². The Morgan fingerprint density at radius 3 is 2.58 bits per heavy atom. The van der Waals surface area contributed by atoms with Gasteiger partial charge in [0, 0.05) is 23.7 Å². The highest BCUT2D eigenvalue weighted by molar-refractivity contribution is 7.88. The standard InChI is InChI=1S/C29H32N4O6S/c1-19-21-10-3-4-11-24(21)39-26(19)27(35)31-29(13-6-2-7-14-29)28(36)32-16-12-22-25(32)23(34)17-33(22)40(37,38)18-20-9-5-8-15-30-20/h3-5,8-11,15,22,25H,2,6-7,12-14,16-18H2,1H3,(H,31,35). The molecule has 0 radical (unpaired) electrons. The van der Waals surface area contributed by atoms with Gasteiger partial charge in [-0.3, -0.25) is 19.4 Å². The molecule has 2 aromatic heterocycles. The number of sulfonamides is 1. The van der Waals surface area contributed by atoms with Crippen molar-refractivity contribution in [2.75, 3.05) is 13.1 Å². The van der Waals surface area contributed by atoms with E-state index in [9.17, 15) is 22.8 Å². The first-order chi connectivity index (χ1) is 19.2. The number of nitrogens with one attached hydrogen (secondary N) is 1. The number of carbonyl (C=O) groups excluding carboxylic acids is 3. The summed E-state index contributed by atoms with van der Waals surface area (Å²) in [5.41, 5.74) is 0.512. The summed E-state index contributed by atoms with van der Waals surface area (Å²) in [7, 11) is -3.83. The molecule has 3 aromatic rings. The predicted octanol–water partition coefficient (Wildman–Crippen LogP) is 2.95. The summed E-state index contributed by atoms with van der Waals surface area (Å²) in [6.45, 7) is 1.79. The van der Waals surface area contributed by atoms with Gasteiger partial charge in [0.15, 0.2) is 11.5 Å². The molecular formula is C29H32N4O6S. The van der Waals surface area contributed by atoms with Gasteiger partial charge in [0.05, 0.1) is 18.3 Å². The number of fused-ring (bicyclic) bond motifs is 2. The summed E-state index contributed by atoms with van der Waals surface area (Å²) in [5, 5.41) is 3.86. The number of ketones is 1. The van der Waals surface area contributed by atoms with E-state index in [2.05, 4.69) is 10.3 Å². The molecule has 11 heteroatoms. The molecule has 2 atom stereocenters. The minimum absolute atomic E-state index is 0.168. The topological polar surface area (TPSA) is 130 Å². The van der Waals surface area contributed by atoms with Crippen LogP contribution in [0.25, 0.3) is 11.0 Å². The maximum Gasteiger partial charge on any atom is 0.288 e. The average molecular weight is 565 g/mol. The number of nitrogens with zero attached hydrogens (tertiary/aromatic N) is 3. The molecule has 1 N–H and O–H groups in total. The third-order valence-electron chi connectivity index (χ3n) is 8.57. The molecular weight excluding hydrogens is 532 g/mol. The molecule has 40 heavy (non-hydrogen) atoms. The van der Waals surface area contributed by atoms with Crippen LogP contribution in [0.1, 0.15) is 60.3 Å². The zero-order chi connectivity index (χ0) is 28.1. The average Bonchev–Trinajstić information content (AvgIpc) is 3.63. The molecule has 1 saturated carbocycles. The Hall–Kier alpha value is -3.57. The Labute approximate surface area is 232 Å².